The minimum Gasteiger partial charge on any atom is -0.0421 e. The van der Waals surface area contributed by atoms with Gasteiger partial charge in [-0.2, -0.15) is 0 Å². The van der Waals surface area contributed by atoms with Crippen LogP contribution in [0.3, 0.4) is 0 Å². The molecule has 0 saturated heterocycles. The van der Waals surface area contributed by atoms with Gasteiger partial charge in [-0.15, -0.1) is 0 Å². The van der Waals surface area contributed by atoms with Gasteiger partial charge in [0, 0.05) is 5.10 Å². The third kappa shape index (κ3) is 0.357. The monoisotopic (exact) mass is 84.0 g/mol. The molecule has 4 nitrogen and oxygen atoms in total. The molecule has 1 aliphatic rings. The van der Waals surface area contributed by atoms with Crippen LogP contribution in [-0.2, 0) is 0 Å². The minimum atomic E-state index is 0.389. The predicted octanol–water partition coefficient (Wildman–Crippen LogP) is -0.692. The third-order valence-electron chi connectivity index (χ3n) is 0.388. The summed E-state index contributed by atoms with van der Waals surface area (Å²) in [6, 6.07) is 0. The lowest BCUT2D eigenvalue weighted by molar-refractivity contribution is -0.553. The lowest BCUT2D eigenvalue weighted by Crippen LogP contribution is -2.10. The van der Waals surface area contributed by atoms with E-state index < -0.39 is 0 Å². The normalized spacial score (nSPS) is 18.3. The standard InChI is InChI=1S/C2H2N3O/c6-5-2-1-3-4-5/h1H,(H,4,6)/q+1. The number of hydrazone groups is 1. The number of hydrogen-bond acceptors (Lipinski definition) is 2. The molecular formula is C2H2N3O+. The molecule has 4 heteroatoms. The second-order valence-corrected chi connectivity index (χ2v) is 0.782. The fraction of sp³-hybridized carbons (Fsp3) is 0. The number of hydrogen-bond donors (Lipinski definition) is 1. The van der Waals surface area contributed by atoms with Crippen LogP contribution in [-0.4, -0.2) is 11.1 Å². The van der Waals surface area contributed by atoms with Crippen LogP contribution in [0.15, 0.2) is 5.10 Å². The van der Waals surface area contributed by atoms with Gasteiger partial charge in [0.2, 0.25) is 6.21 Å². The Bertz CT molecular complexity index is 87.0. The molecular weight excluding hydrogens is 82.0 g/mol. The molecule has 6 heavy (non-hydrogen) atoms. The smallest absolute Gasteiger partial charge is 0.0421 e. The highest BCUT2D eigenvalue weighted by Crippen LogP contribution is 1.77. The van der Waals surface area contributed by atoms with Crippen LogP contribution in [0.5, 0.6) is 0 Å². The summed E-state index contributed by atoms with van der Waals surface area (Å²) in [5, 5.41) is 3.29. The molecule has 0 aromatic carbocycles. The van der Waals surface area contributed by atoms with Crippen molar-refractivity contribution in [2.24, 2.45) is 5.10 Å². The van der Waals surface area contributed by atoms with Crippen molar-refractivity contribution in [1.29, 1.82) is 0 Å². The number of nitroso groups, excluding NO2 is 1. The van der Waals surface area contributed by atoms with Crippen molar-refractivity contribution < 1.29 is 4.87 Å². The van der Waals surface area contributed by atoms with Crippen molar-refractivity contribution in [2.45, 2.75) is 0 Å². The second-order valence-electron chi connectivity index (χ2n) is 0.782. The van der Waals surface area contributed by atoms with Crippen LogP contribution in [0.1, 0.15) is 0 Å². The minimum absolute atomic E-state index is 0.389. The highest BCUT2D eigenvalue weighted by atomic mass is 16.3. The Morgan fingerprint density at radius 2 is 2.83 bits per heavy atom. The Kier molecular flexibility index (Phi) is 0.567. The number of nitrogens with one attached hydrogen (secondary N) is 1. The van der Waals surface area contributed by atoms with Crippen molar-refractivity contribution in [2.75, 3.05) is 0 Å². The molecule has 0 spiro atoms. The first-order valence-corrected chi connectivity index (χ1v) is 1.40. The zero-order chi connectivity index (χ0) is 4.41. The topological polar surface area (TPSA) is 44.5 Å². The van der Waals surface area contributed by atoms with Crippen LogP contribution in [0.2, 0.25) is 0 Å². The Balaban J connectivity index is 2.52. The van der Waals surface area contributed by atoms with Crippen LogP contribution in [0.25, 0.3) is 0 Å². The van der Waals surface area contributed by atoms with Gasteiger partial charge in [0.15, 0.2) is 0 Å². The van der Waals surface area contributed by atoms with Crippen molar-refractivity contribution in [3.63, 3.8) is 0 Å². The molecule has 30 valence electrons. The zero-order valence-electron chi connectivity index (χ0n) is 2.88. The molecule has 1 heterocycles. The summed E-state index contributed by atoms with van der Waals surface area (Å²) in [5.74, 6) is 0. The summed E-state index contributed by atoms with van der Waals surface area (Å²) in [5.41, 5.74) is 2.06. The molecule has 0 amide bonds. The van der Waals surface area contributed by atoms with Gasteiger partial charge in [0.25, 0.3) is 0 Å². The maximum Gasteiger partial charge on any atom is 0.358 e. The van der Waals surface area contributed by atoms with E-state index in [0.29, 0.717) is 4.87 Å². The first-order chi connectivity index (χ1) is 2.89. The van der Waals surface area contributed by atoms with Gasteiger partial charge in [-0.1, -0.05) is 0 Å². The molecule has 1 N–H and O–H groups in total. The Hall–Kier alpha value is -0.930. The van der Waals surface area contributed by atoms with Crippen molar-refractivity contribution in [3.8, 4) is 0 Å². The molecule has 0 bridgehead atoms. The zero-order valence-corrected chi connectivity index (χ0v) is 2.88. The Morgan fingerprint density at radius 3 is 3.00 bits per heavy atom. The molecule has 1 aliphatic heterocycles. The van der Waals surface area contributed by atoms with E-state index in [1.807, 2.05) is 0 Å². The van der Waals surface area contributed by atoms with E-state index in [-0.39, 0.29) is 0 Å². The van der Waals surface area contributed by atoms with Gasteiger partial charge >= 0.3 is 6.54 Å². The number of nitrogens with zero attached hydrogens (tertiary/aromatic N) is 2. The van der Waals surface area contributed by atoms with Gasteiger partial charge in [-0.05, 0) is 10.4 Å². The van der Waals surface area contributed by atoms with Crippen LogP contribution >= 0.6 is 0 Å². The highest BCUT2D eigenvalue weighted by Gasteiger charge is 2.10. The lowest BCUT2D eigenvalue weighted by atomic mass is 10.8. The van der Waals surface area contributed by atoms with Gasteiger partial charge in [0.05, 0.1) is 4.87 Å². The number of rotatable bonds is 0. The van der Waals surface area contributed by atoms with E-state index in [9.17, 15) is 4.91 Å². The van der Waals surface area contributed by atoms with E-state index in [1.54, 1.807) is 0 Å². The SMILES string of the molecule is O=[N+]1[C]C=NN1. The molecule has 0 aromatic heterocycles. The maximum atomic E-state index is 9.81. The highest BCUT2D eigenvalue weighted by molar-refractivity contribution is 5.65. The molecule has 0 fully saturated rings. The summed E-state index contributed by atoms with van der Waals surface area (Å²) in [6.45, 7) is 2.19. The predicted molar refractivity (Wildman–Crippen MR) is 18.5 cm³/mol. The third-order valence-corrected chi connectivity index (χ3v) is 0.388. The van der Waals surface area contributed by atoms with Gasteiger partial charge in [0.1, 0.15) is 0 Å². The van der Waals surface area contributed by atoms with Crippen molar-refractivity contribution >= 4 is 6.21 Å². The second kappa shape index (κ2) is 1.04. The van der Waals surface area contributed by atoms with Gasteiger partial charge in [-0.3, -0.25) is 0 Å². The molecule has 0 unspecified atom stereocenters. The lowest BCUT2D eigenvalue weighted by Gasteiger charge is -1.67. The number of hydrazine groups is 1. The Morgan fingerprint density at radius 1 is 2.00 bits per heavy atom. The van der Waals surface area contributed by atoms with E-state index in [0.717, 1.165) is 0 Å². The average molecular weight is 84.1 g/mol. The van der Waals surface area contributed by atoms with Crippen molar-refractivity contribution in [3.05, 3.63) is 11.5 Å². The fourth-order valence-electron chi connectivity index (χ4n) is 0.191. The van der Waals surface area contributed by atoms with Crippen LogP contribution in [0.4, 0.5) is 0 Å². The first kappa shape index (κ1) is 3.27. The summed E-state index contributed by atoms with van der Waals surface area (Å²) >= 11 is 0. The van der Waals surface area contributed by atoms with Crippen molar-refractivity contribution in [1.82, 2.24) is 5.53 Å². The molecule has 0 saturated carbocycles. The van der Waals surface area contributed by atoms with E-state index in [2.05, 4.69) is 17.2 Å². The van der Waals surface area contributed by atoms with Gasteiger partial charge < -0.3 is 0 Å². The van der Waals surface area contributed by atoms with E-state index >= 15 is 0 Å². The molecule has 0 aliphatic carbocycles. The van der Waals surface area contributed by atoms with Gasteiger partial charge in [-0.25, -0.2) is 0 Å². The summed E-state index contributed by atoms with van der Waals surface area (Å²) < 4.78 is 0. The molecule has 0 aromatic rings. The summed E-state index contributed by atoms with van der Waals surface area (Å²) in [7, 11) is 0. The van der Waals surface area contributed by atoms with E-state index in [4.69, 9.17) is 0 Å². The Labute approximate surface area is 34.4 Å². The van der Waals surface area contributed by atoms with Crippen LogP contribution < -0.4 is 5.53 Å². The fourth-order valence-corrected chi connectivity index (χ4v) is 0.191. The molecule has 2 radical (unpaired) electrons. The largest absolute Gasteiger partial charge is 0.358 e. The molecule has 0 atom stereocenters. The molecule has 1 rings (SSSR count). The van der Waals surface area contributed by atoms with E-state index in [1.165, 1.54) is 6.21 Å². The summed E-state index contributed by atoms with van der Waals surface area (Å²) in [6.07, 6.45) is 1.26. The quantitative estimate of drug-likeness (QED) is 0.395. The first-order valence-electron chi connectivity index (χ1n) is 1.40. The van der Waals surface area contributed by atoms with Crippen LogP contribution in [0, 0.1) is 11.5 Å². The maximum absolute atomic E-state index is 9.81. The average Bonchev–Trinajstić information content (AvgIpc) is 1.86. The summed E-state index contributed by atoms with van der Waals surface area (Å²) in [4.78, 5) is 10.2.